The molecule has 1 N–H and O–H groups in total. The molecule has 0 saturated heterocycles. The second kappa shape index (κ2) is 6.74. The van der Waals surface area contributed by atoms with Crippen molar-refractivity contribution in [3.05, 3.63) is 42.0 Å². The summed E-state index contributed by atoms with van der Waals surface area (Å²) < 4.78 is 5.06. The molecule has 1 aromatic rings. The van der Waals surface area contributed by atoms with E-state index in [1.54, 1.807) is 13.2 Å². The summed E-state index contributed by atoms with van der Waals surface area (Å²) in [5, 5.41) is 2.83. The van der Waals surface area contributed by atoms with Crippen molar-refractivity contribution in [3.63, 3.8) is 0 Å². The Morgan fingerprint density at radius 3 is 2.53 bits per heavy atom. The fourth-order valence-corrected chi connectivity index (χ4v) is 1.27. The summed E-state index contributed by atoms with van der Waals surface area (Å²) in [5.41, 5.74) is 1.05. The Morgan fingerprint density at radius 1 is 1.35 bits per heavy atom. The van der Waals surface area contributed by atoms with Crippen LogP contribution in [0.5, 0.6) is 5.75 Å². The average Bonchev–Trinajstić information content (AvgIpc) is 2.34. The zero-order valence-electron chi connectivity index (χ0n) is 10.6. The Kier molecular flexibility index (Phi) is 5.27. The van der Waals surface area contributed by atoms with Crippen LogP contribution in [0.15, 0.2) is 36.4 Å². The number of nitrogens with one attached hydrogen (secondary N) is 1. The summed E-state index contributed by atoms with van der Waals surface area (Å²) >= 11 is 0. The lowest BCUT2D eigenvalue weighted by atomic mass is 10.2. The quantitative estimate of drug-likeness (QED) is 0.794. The maximum absolute atomic E-state index is 11.4. The van der Waals surface area contributed by atoms with Crippen LogP contribution in [0, 0.1) is 5.92 Å². The van der Waals surface area contributed by atoms with Gasteiger partial charge in [0, 0.05) is 6.54 Å². The monoisotopic (exact) mass is 233 g/mol. The van der Waals surface area contributed by atoms with E-state index in [9.17, 15) is 4.79 Å². The van der Waals surface area contributed by atoms with Gasteiger partial charge in [0.25, 0.3) is 0 Å². The van der Waals surface area contributed by atoms with Crippen LogP contribution in [0.25, 0.3) is 0 Å². The summed E-state index contributed by atoms with van der Waals surface area (Å²) in [6, 6.07) is 7.63. The van der Waals surface area contributed by atoms with Crippen LogP contribution in [-0.4, -0.2) is 13.0 Å². The predicted molar refractivity (Wildman–Crippen MR) is 68.8 cm³/mol. The molecule has 0 aliphatic rings. The van der Waals surface area contributed by atoms with Crippen LogP contribution < -0.4 is 10.1 Å². The third-order valence-corrected chi connectivity index (χ3v) is 2.26. The molecule has 0 aromatic heterocycles. The molecule has 0 bridgehead atoms. The minimum absolute atomic E-state index is 0.0606. The number of benzene rings is 1. The van der Waals surface area contributed by atoms with E-state index in [1.165, 1.54) is 0 Å². The summed E-state index contributed by atoms with van der Waals surface area (Å²) in [6.07, 6.45) is 3.46. The van der Waals surface area contributed by atoms with Gasteiger partial charge >= 0.3 is 0 Å². The first-order valence-electron chi connectivity index (χ1n) is 5.71. The van der Waals surface area contributed by atoms with Gasteiger partial charge in [0.15, 0.2) is 0 Å². The van der Waals surface area contributed by atoms with Crippen molar-refractivity contribution < 1.29 is 9.53 Å². The Labute approximate surface area is 102 Å². The minimum Gasteiger partial charge on any atom is -0.497 e. The van der Waals surface area contributed by atoms with Gasteiger partial charge in [-0.15, -0.1) is 0 Å². The number of hydrogen-bond donors (Lipinski definition) is 1. The maximum atomic E-state index is 11.4. The molecule has 0 atom stereocenters. The first-order valence-corrected chi connectivity index (χ1v) is 5.71. The number of rotatable bonds is 5. The van der Waals surface area contributed by atoms with Crippen LogP contribution in [-0.2, 0) is 11.3 Å². The summed E-state index contributed by atoms with van der Waals surface area (Å²) in [4.78, 5) is 11.4. The van der Waals surface area contributed by atoms with E-state index < -0.39 is 0 Å². The molecule has 92 valence electrons. The zero-order valence-corrected chi connectivity index (χ0v) is 10.6. The lowest BCUT2D eigenvalue weighted by Crippen LogP contribution is -2.20. The molecule has 0 aliphatic heterocycles. The molecule has 0 unspecified atom stereocenters. The third kappa shape index (κ3) is 5.20. The molecule has 0 fully saturated rings. The van der Waals surface area contributed by atoms with E-state index >= 15 is 0 Å². The number of ether oxygens (including phenoxy) is 1. The SMILES string of the molecule is COc1ccc(CNC(=O)/C=C/C(C)C)cc1. The summed E-state index contributed by atoms with van der Waals surface area (Å²) in [5.74, 6) is 1.15. The largest absolute Gasteiger partial charge is 0.497 e. The average molecular weight is 233 g/mol. The van der Waals surface area contributed by atoms with E-state index in [0.29, 0.717) is 12.5 Å². The number of amides is 1. The highest BCUT2D eigenvalue weighted by molar-refractivity contribution is 5.87. The Balaban J connectivity index is 2.42. The van der Waals surface area contributed by atoms with E-state index in [2.05, 4.69) is 5.32 Å². The van der Waals surface area contributed by atoms with Crippen LogP contribution >= 0.6 is 0 Å². The Morgan fingerprint density at radius 2 is 2.00 bits per heavy atom. The minimum atomic E-state index is -0.0606. The standard InChI is InChI=1S/C14H19NO2/c1-11(2)4-9-14(16)15-10-12-5-7-13(17-3)8-6-12/h4-9,11H,10H2,1-3H3,(H,15,16)/b9-4+. The van der Waals surface area contributed by atoms with Crippen LogP contribution in [0.4, 0.5) is 0 Å². The molecular formula is C14H19NO2. The highest BCUT2D eigenvalue weighted by atomic mass is 16.5. The second-order valence-electron chi connectivity index (χ2n) is 4.17. The number of carbonyl (C=O) groups is 1. The van der Waals surface area contributed by atoms with Gasteiger partial charge < -0.3 is 10.1 Å². The topological polar surface area (TPSA) is 38.3 Å². The molecule has 0 spiro atoms. The van der Waals surface area contributed by atoms with Crippen molar-refractivity contribution in [2.45, 2.75) is 20.4 Å². The number of methoxy groups -OCH3 is 1. The van der Waals surface area contributed by atoms with Crippen molar-refractivity contribution in [1.29, 1.82) is 0 Å². The fourth-order valence-electron chi connectivity index (χ4n) is 1.27. The van der Waals surface area contributed by atoms with Crippen LogP contribution in [0.3, 0.4) is 0 Å². The second-order valence-corrected chi connectivity index (χ2v) is 4.17. The van der Waals surface area contributed by atoms with Gasteiger partial charge in [-0.1, -0.05) is 32.1 Å². The maximum Gasteiger partial charge on any atom is 0.243 e. The molecule has 3 nitrogen and oxygen atoms in total. The number of allylic oxidation sites excluding steroid dienone is 1. The lowest BCUT2D eigenvalue weighted by Gasteiger charge is -2.04. The van der Waals surface area contributed by atoms with Crippen LogP contribution in [0.2, 0.25) is 0 Å². The molecule has 0 saturated carbocycles. The first kappa shape index (κ1) is 13.3. The normalized spacial score (nSPS) is 10.8. The highest BCUT2D eigenvalue weighted by Gasteiger charge is 1.97. The number of hydrogen-bond acceptors (Lipinski definition) is 2. The van der Waals surface area contributed by atoms with Gasteiger partial charge in [-0.3, -0.25) is 4.79 Å². The molecule has 17 heavy (non-hydrogen) atoms. The van der Waals surface area contributed by atoms with Gasteiger partial charge in [0.05, 0.1) is 7.11 Å². The third-order valence-electron chi connectivity index (χ3n) is 2.26. The molecule has 0 aliphatic carbocycles. The molecule has 1 amide bonds. The Hall–Kier alpha value is -1.77. The van der Waals surface area contributed by atoms with Crippen molar-refractivity contribution in [2.75, 3.05) is 7.11 Å². The van der Waals surface area contributed by atoms with Gasteiger partial charge in [-0.25, -0.2) is 0 Å². The highest BCUT2D eigenvalue weighted by Crippen LogP contribution is 2.10. The van der Waals surface area contributed by atoms with Crippen molar-refractivity contribution in [3.8, 4) is 5.75 Å². The zero-order chi connectivity index (χ0) is 12.7. The van der Waals surface area contributed by atoms with Gasteiger partial charge in [0.2, 0.25) is 5.91 Å². The molecule has 1 aromatic carbocycles. The smallest absolute Gasteiger partial charge is 0.243 e. The van der Waals surface area contributed by atoms with Crippen molar-refractivity contribution in [2.24, 2.45) is 5.92 Å². The van der Waals surface area contributed by atoms with E-state index in [-0.39, 0.29) is 5.91 Å². The fraction of sp³-hybridized carbons (Fsp3) is 0.357. The summed E-state index contributed by atoms with van der Waals surface area (Å²) in [6.45, 7) is 4.60. The summed E-state index contributed by atoms with van der Waals surface area (Å²) in [7, 11) is 1.63. The Bertz CT molecular complexity index is 380. The number of carbonyl (C=O) groups excluding carboxylic acids is 1. The molecular weight excluding hydrogens is 214 g/mol. The van der Waals surface area contributed by atoms with Gasteiger partial charge in [0.1, 0.15) is 5.75 Å². The molecule has 0 heterocycles. The van der Waals surface area contributed by atoms with Gasteiger partial charge in [-0.2, -0.15) is 0 Å². The van der Waals surface area contributed by atoms with E-state index in [4.69, 9.17) is 4.74 Å². The molecule has 1 rings (SSSR count). The van der Waals surface area contributed by atoms with E-state index in [1.807, 2.05) is 44.2 Å². The van der Waals surface area contributed by atoms with Crippen molar-refractivity contribution in [1.82, 2.24) is 5.32 Å². The van der Waals surface area contributed by atoms with E-state index in [0.717, 1.165) is 11.3 Å². The predicted octanol–water partition coefficient (Wildman–Crippen LogP) is 2.52. The molecule has 3 heteroatoms. The van der Waals surface area contributed by atoms with Crippen molar-refractivity contribution >= 4 is 5.91 Å². The lowest BCUT2D eigenvalue weighted by molar-refractivity contribution is -0.116. The van der Waals surface area contributed by atoms with Crippen LogP contribution in [0.1, 0.15) is 19.4 Å². The molecule has 0 radical (unpaired) electrons. The van der Waals surface area contributed by atoms with Gasteiger partial charge in [-0.05, 0) is 29.7 Å². The first-order chi connectivity index (χ1) is 8.11.